The molecule has 2 aliphatic carbocycles. The lowest BCUT2D eigenvalue weighted by Crippen LogP contribution is -2.48. The van der Waals surface area contributed by atoms with Gasteiger partial charge in [0.2, 0.25) is 0 Å². The van der Waals surface area contributed by atoms with Crippen molar-refractivity contribution in [1.29, 1.82) is 0 Å². The van der Waals surface area contributed by atoms with Crippen LogP contribution in [0, 0.1) is 5.92 Å². The summed E-state index contributed by atoms with van der Waals surface area (Å²) in [7, 11) is 0. The van der Waals surface area contributed by atoms with Crippen LogP contribution in [-0.4, -0.2) is 34.7 Å². The highest BCUT2D eigenvalue weighted by Crippen LogP contribution is 2.36. The zero-order valence-electron chi connectivity index (χ0n) is 10.9. The van der Waals surface area contributed by atoms with E-state index < -0.39 is 0 Å². The second-order valence-corrected chi connectivity index (χ2v) is 5.69. The first-order valence-corrected chi connectivity index (χ1v) is 7.20. The van der Waals surface area contributed by atoms with Gasteiger partial charge in [-0.05, 0) is 51.0 Å². The van der Waals surface area contributed by atoms with Gasteiger partial charge in [0, 0.05) is 12.1 Å². The van der Waals surface area contributed by atoms with Crippen molar-refractivity contribution < 1.29 is 5.11 Å². The van der Waals surface area contributed by atoms with E-state index in [1.54, 1.807) is 0 Å². The van der Waals surface area contributed by atoms with E-state index in [-0.39, 0.29) is 6.10 Å². The smallest absolute Gasteiger partial charge is 0.0695 e. The molecule has 0 amide bonds. The van der Waals surface area contributed by atoms with Crippen LogP contribution in [0.15, 0.2) is 0 Å². The van der Waals surface area contributed by atoms with Crippen molar-refractivity contribution in [3.63, 3.8) is 0 Å². The van der Waals surface area contributed by atoms with E-state index in [0.717, 1.165) is 18.4 Å². The van der Waals surface area contributed by atoms with Gasteiger partial charge in [-0.1, -0.05) is 20.3 Å². The summed E-state index contributed by atoms with van der Waals surface area (Å²) in [5.41, 5.74) is 0. The lowest BCUT2D eigenvalue weighted by Gasteiger charge is -2.40. The molecule has 0 aromatic heterocycles. The number of nitrogens with zero attached hydrogens (tertiary/aromatic N) is 1. The van der Waals surface area contributed by atoms with E-state index in [4.69, 9.17) is 0 Å². The molecule has 94 valence electrons. The molecule has 0 radical (unpaired) electrons. The Balaban J connectivity index is 1.97. The van der Waals surface area contributed by atoms with Gasteiger partial charge in [0.15, 0.2) is 0 Å². The van der Waals surface area contributed by atoms with Crippen LogP contribution < -0.4 is 0 Å². The van der Waals surface area contributed by atoms with Crippen LogP contribution in [0.5, 0.6) is 0 Å². The molecule has 3 atom stereocenters. The Morgan fingerprint density at radius 2 is 1.88 bits per heavy atom. The lowest BCUT2D eigenvalue weighted by atomic mass is 9.81. The molecule has 2 nitrogen and oxygen atoms in total. The van der Waals surface area contributed by atoms with Crippen LogP contribution in [-0.2, 0) is 0 Å². The molecular formula is C14H27NO. The van der Waals surface area contributed by atoms with Gasteiger partial charge >= 0.3 is 0 Å². The Bertz CT molecular complexity index is 215. The third-order valence-corrected chi connectivity index (χ3v) is 4.39. The van der Waals surface area contributed by atoms with Crippen LogP contribution >= 0.6 is 0 Å². The number of hydrogen-bond acceptors (Lipinski definition) is 2. The third kappa shape index (κ3) is 2.78. The van der Waals surface area contributed by atoms with Gasteiger partial charge in [-0.25, -0.2) is 0 Å². The molecule has 0 bridgehead atoms. The number of hydrogen-bond donors (Lipinski definition) is 1. The Morgan fingerprint density at radius 1 is 1.12 bits per heavy atom. The summed E-state index contributed by atoms with van der Waals surface area (Å²) in [6.45, 7) is 5.73. The first kappa shape index (κ1) is 12.4. The summed E-state index contributed by atoms with van der Waals surface area (Å²) >= 11 is 0. The molecule has 0 aromatic rings. The van der Waals surface area contributed by atoms with Gasteiger partial charge in [-0.15, -0.1) is 0 Å². The predicted octanol–water partition coefficient (Wildman–Crippen LogP) is 2.80. The Labute approximate surface area is 100 Å². The fourth-order valence-electron chi connectivity index (χ4n) is 3.23. The van der Waals surface area contributed by atoms with Gasteiger partial charge in [0.25, 0.3) is 0 Å². The number of aliphatic hydroxyl groups is 1. The third-order valence-electron chi connectivity index (χ3n) is 4.39. The fourth-order valence-corrected chi connectivity index (χ4v) is 3.23. The summed E-state index contributed by atoms with van der Waals surface area (Å²) in [5.74, 6) is 0.853. The molecular weight excluding hydrogens is 198 g/mol. The molecule has 0 aliphatic heterocycles. The molecule has 1 N–H and O–H groups in total. The zero-order chi connectivity index (χ0) is 11.5. The van der Waals surface area contributed by atoms with Gasteiger partial charge in [0.1, 0.15) is 0 Å². The highest BCUT2D eigenvalue weighted by Gasteiger charge is 2.39. The first-order valence-electron chi connectivity index (χ1n) is 7.20. The second kappa shape index (κ2) is 5.50. The molecule has 2 saturated carbocycles. The van der Waals surface area contributed by atoms with Crippen LogP contribution in [0.25, 0.3) is 0 Å². The van der Waals surface area contributed by atoms with E-state index >= 15 is 0 Å². The van der Waals surface area contributed by atoms with E-state index in [9.17, 15) is 5.11 Å². The average Bonchev–Trinajstić information content (AvgIpc) is 3.11. The van der Waals surface area contributed by atoms with E-state index in [0.29, 0.717) is 6.04 Å². The van der Waals surface area contributed by atoms with E-state index in [2.05, 4.69) is 18.7 Å². The minimum atomic E-state index is -0.0602. The molecule has 2 heteroatoms. The topological polar surface area (TPSA) is 23.5 Å². The maximum absolute atomic E-state index is 10.2. The molecule has 16 heavy (non-hydrogen) atoms. The highest BCUT2D eigenvalue weighted by atomic mass is 16.3. The molecule has 3 unspecified atom stereocenters. The average molecular weight is 225 g/mol. The van der Waals surface area contributed by atoms with E-state index in [1.807, 2.05) is 0 Å². The summed E-state index contributed by atoms with van der Waals surface area (Å²) in [6.07, 6.45) is 8.66. The quantitative estimate of drug-likeness (QED) is 0.777. The molecule has 2 rings (SSSR count). The van der Waals surface area contributed by atoms with Gasteiger partial charge in [-0.3, -0.25) is 4.90 Å². The number of rotatable bonds is 5. The van der Waals surface area contributed by atoms with Crippen LogP contribution in [0.3, 0.4) is 0 Å². The SMILES string of the molecule is CCCN(C1CC1)C1CC(CC)CCC1O. The molecule has 0 heterocycles. The predicted molar refractivity (Wildman–Crippen MR) is 67.4 cm³/mol. The normalized spacial score (nSPS) is 35.6. The van der Waals surface area contributed by atoms with Crippen LogP contribution in [0.1, 0.15) is 58.8 Å². The monoisotopic (exact) mass is 225 g/mol. The highest BCUT2D eigenvalue weighted by molar-refractivity contribution is 4.94. The summed E-state index contributed by atoms with van der Waals surface area (Å²) < 4.78 is 0. The van der Waals surface area contributed by atoms with Gasteiger partial charge in [-0.2, -0.15) is 0 Å². The van der Waals surface area contributed by atoms with Crippen molar-refractivity contribution in [1.82, 2.24) is 4.90 Å². The fraction of sp³-hybridized carbons (Fsp3) is 1.00. The minimum Gasteiger partial charge on any atom is -0.391 e. The maximum atomic E-state index is 10.2. The van der Waals surface area contributed by atoms with Gasteiger partial charge in [0.05, 0.1) is 6.10 Å². The summed E-state index contributed by atoms with van der Waals surface area (Å²) in [5, 5.41) is 10.2. The largest absolute Gasteiger partial charge is 0.391 e. The second-order valence-electron chi connectivity index (χ2n) is 5.69. The summed E-state index contributed by atoms with van der Waals surface area (Å²) in [6, 6.07) is 1.27. The molecule has 2 fully saturated rings. The van der Waals surface area contributed by atoms with Crippen molar-refractivity contribution in [2.45, 2.75) is 77.0 Å². The van der Waals surface area contributed by atoms with Gasteiger partial charge < -0.3 is 5.11 Å². The van der Waals surface area contributed by atoms with E-state index in [1.165, 1.54) is 45.1 Å². The van der Waals surface area contributed by atoms with Crippen molar-refractivity contribution in [3.8, 4) is 0 Å². The van der Waals surface area contributed by atoms with Crippen molar-refractivity contribution in [3.05, 3.63) is 0 Å². The van der Waals surface area contributed by atoms with Crippen molar-refractivity contribution in [2.75, 3.05) is 6.54 Å². The minimum absolute atomic E-state index is 0.0602. The Kier molecular flexibility index (Phi) is 4.26. The van der Waals surface area contributed by atoms with Crippen LogP contribution in [0.4, 0.5) is 0 Å². The summed E-state index contributed by atoms with van der Waals surface area (Å²) in [4.78, 5) is 2.62. The zero-order valence-corrected chi connectivity index (χ0v) is 10.9. The molecule has 0 aromatic carbocycles. The Hall–Kier alpha value is -0.0800. The molecule has 2 aliphatic rings. The lowest BCUT2D eigenvalue weighted by molar-refractivity contribution is -0.00163. The standard InChI is InChI=1S/C14H27NO/c1-3-9-15(12-6-7-12)13-10-11(4-2)5-8-14(13)16/h11-14,16H,3-10H2,1-2H3. The molecule has 0 saturated heterocycles. The van der Waals surface area contributed by atoms with Crippen LogP contribution in [0.2, 0.25) is 0 Å². The first-order chi connectivity index (χ1) is 7.76. The van der Waals surface area contributed by atoms with Crippen molar-refractivity contribution >= 4 is 0 Å². The number of aliphatic hydroxyl groups excluding tert-OH is 1. The van der Waals surface area contributed by atoms with Crippen molar-refractivity contribution in [2.24, 2.45) is 5.92 Å². The maximum Gasteiger partial charge on any atom is 0.0695 e. The molecule has 0 spiro atoms. The Morgan fingerprint density at radius 3 is 2.44 bits per heavy atom.